The Morgan fingerprint density at radius 1 is 1.00 bits per heavy atom. The van der Waals surface area contributed by atoms with Gasteiger partial charge in [0.1, 0.15) is 17.5 Å². The van der Waals surface area contributed by atoms with Crippen molar-refractivity contribution in [2.75, 3.05) is 68.5 Å². The van der Waals surface area contributed by atoms with E-state index in [1.807, 2.05) is 6.92 Å². The van der Waals surface area contributed by atoms with Crippen LogP contribution in [0.1, 0.15) is 11.4 Å². The third-order valence-electron chi connectivity index (χ3n) is 4.66. The molecule has 0 spiro atoms. The molecule has 26 heavy (non-hydrogen) atoms. The molecule has 3 rings (SSSR count). The maximum atomic E-state index is 4.66. The van der Waals surface area contributed by atoms with Crippen LogP contribution in [0.15, 0.2) is 30.3 Å². The monoisotopic (exact) mass is 354 g/mol. The normalized spacial score (nSPS) is 14.8. The lowest BCUT2D eigenvalue weighted by molar-refractivity contribution is 0.425. The van der Waals surface area contributed by atoms with E-state index >= 15 is 0 Å². The number of nitrogens with zero attached hydrogens (tertiary/aromatic N) is 5. The summed E-state index contributed by atoms with van der Waals surface area (Å²) in [6.45, 7) is 9.93. The molecular formula is C20H30N6. The van der Waals surface area contributed by atoms with Gasteiger partial charge >= 0.3 is 0 Å². The van der Waals surface area contributed by atoms with Crippen molar-refractivity contribution in [3.63, 3.8) is 0 Å². The van der Waals surface area contributed by atoms with Crippen LogP contribution >= 0.6 is 0 Å². The Labute approximate surface area is 156 Å². The minimum atomic E-state index is 0.816. The molecule has 0 radical (unpaired) electrons. The molecule has 0 aliphatic carbocycles. The van der Waals surface area contributed by atoms with Gasteiger partial charge < -0.3 is 20.0 Å². The first-order valence-corrected chi connectivity index (χ1v) is 9.32. The van der Waals surface area contributed by atoms with E-state index in [2.05, 4.69) is 81.3 Å². The summed E-state index contributed by atoms with van der Waals surface area (Å²) in [5.74, 6) is 2.75. The highest BCUT2D eigenvalue weighted by molar-refractivity contribution is 5.53. The van der Waals surface area contributed by atoms with Gasteiger partial charge in [0.05, 0.1) is 0 Å². The van der Waals surface area contributed by atoms with E-state index in [1.165, 1.54) is 11.3 Å². The van der Waals surface area contributed by atoms with Crippen molar-refractivity contribution in [2.24, 2.45) is 0 Å². The number of hydrogen-bond donors (Lipinski definition) is 1. The smallest absolute Gasteiger partial charge is 0.134 e. The van der Waals surface area contributed by atoms with Crippen LogP contribution in [0.2, 0.25) is 0 Å². The van der Waals surface area contributed by atoms with Crippen LogP contribution in [0.4, 0.5) is 17.3 Å². The van der Waals surface area contributed by atoms with Gasteiger partial charge in [0.25, 0.3) is 0 Å². The number of nitrogens with one attached hydrogen (secondary N) is 1. The van der Waals surface area contributed by atoms with Crippen molar-refractivity contribution in [3.05, 3.63) is 41.7 Å². The number of aromatic nitrogens is 2. The minimum absolute atomic E-state index is 0.816. The Balaban J connectivity index is 1.62. The predicted molar refractivity (Wildman–Crippen MR) is 109 cm³/mol. The SMILES string of the molecule is Cc1cccc(N2CCN(c3cc(NCCN(C)C)nc(C)n3)CC2)c1. The van der Waals surface area contributed by atoms with Crippen LogP contribution in [0.3, 0.4) is 0 Å². The van der Waals surface area contributed by atoms with Crippen molar-refractivity contribution < 1.29 is 0 Å². The fourth-order valence-electron chi connectivity index (χ4n) is 3.23. The van der Waals surface area contributed by atoms with Crippen molar-refractivity contribution in [3.8, 4) is 0 Å². The fourth-order valence-corrected chi connectivity index (χ4v) is 3.23. The number of piperazine rings is 1. The number of anilines is 3. The van der Waals surface area contributed by atoms with E-state index in [0.29, 0.717) is 0 Å². The highest BCUT2D eigenvalue weighted by Gasteiger charge is 2.19. The minimum Gasteiger partial charge on any atom is -0.369 e. The highest BCUT2D eigenvalue weighted by atomic mass is 15.3. The molecule has 1 fully saturated rings. The van der Waals surface area contributed by atoms with E-state index in [-0.39, 0.29) is 0 Å². The van der Waals surface area contributed by atoms with Gasteiger partial charge in [-0.1, -0.05) is 12.1 Å². The van der Waals surface area contributed by atoms with Crippen LogP contribution in [0.5, 0.6) is 0 Å². The Hall–Kier alpha value is -2.34. The van der Waals surface area contributed by atoms with Gasteiger partial charge in [-0.25, -0.2) is 9.97 Å². The maximum Gasteiger partial charge on any atom is 0.134 e. The van der Waals surface area contributed by atoms with Crippen LogP contribution in [0.25, 0.3) is 0 Å². The molecule has 0 amide bonds. The predicted octanol–water partition coefficient (Wildman–Crippen LogP) is 2.39. The van der Waals surface area contributed by atoms with E-state index in [1.54, 1.807) is 0 Å². The molecular weight excluding hydrogens is 324 g/mol. The van der Waals surface area contributed by atoms with E-state index in [0.717, 1.165) is 56.7 Å². The van der Waals surface area contributed by atoms with Gasteiger partial charge in [0.15, 0.2) is 0 Å². The van der Waals surface area contributed by atoms with Gasteiger partial charge in [-0.05, 0) is 45.6 Å². The molecule has 1 aromatic heterocycles. The van der Waals surface area contributed by atoms with Crippen molar-refractivity contribution >= 4 is 17.3 Å². The molecule has 0 saturated carbocycles. The highest BCUT2D eigenvalue weighted by Crippen LogP contribution is 2.21. The van der Waals surface area contributed by atoms with Crippen LogP contribution < -0.4 is 15.1 Å². The average molecular weight is 355 g/mol. The zero-order valence-electron chi connectivity index (χ0n) is 16.4. The molecule has 0 bridgehead atoms. The standard InChI is InChI=1S/C20H30N6/c1-16-6-5-7-18(14-16)25-10-12-26(13-11-25)20-15-19(22-17(2)23-20)21-8-9-24(3)4/h5-7,14-15H,8-13H2,1-4H3,(H,21,22,23). The van der Waals surface area contributed by atoms with Crippen LogP contribution in [0, 0.1) is 13.8 Å². The van der Waals surface area contributed by atoms with Gasteiger partial charge in [0, 0.05) is 51.0 Å². The number of aryl methyl sites for hydroxylation is 2. The van der Waals surface area contributed by atoms with E-state index in [4.69, 9.17) is 0 Å². The lowest BCUT2D eigenvalue weighted by Gasteiger charge is -2.37. The third-order valence-corrected chi connectivity index (χ3v) is 4.66. The Kier molecular flexibility index (Phi) is 5.93. The molecule has 1 aliphatic rings. The first-order valence-electron chi connectivity index (χ1n) is 9.32. The Bertz CT molecular complexity index is 722. The first-order chi connectivity index (χ1) is 12.5. The molecule has 2 heterocycles. The fraction of sp³-hybridized carbons (Fsp3) is 0.500. The van der Waals surface area contributed by atoms with Gasteiger partial charge in [-0.15, -0.1) is 0 Å². The van der Waals surface area contributed by atoms with Crippen LogP contribution in [-0.2, 0) is 0 Å². The van der Waals surface area contributed by atoms with Crippen LogP contribution in [-0.4, -0.2) is 68.2 Å². The number of likely N-dealkylation sites (N-methyl/N-ethyl adjacent to an activating group) is 1. The summed E-state index contributed by atoms with van der Waals surface area (Å²) in [6.07, 6.45) is 0. The molecule has 6 heteroatoms. The zero-order valence-corrected chi connectivity index (χ0v) is 16.4. The Morgan fingerprint density at radius 2 is 1.73 bits per heavy atom. The maximum absolute atomic E-state index is 4.66. The van der Waals surface area contributed by atoms with E-state index in [9.17, 15) is 0 Å². The molecule has 1 aliphatic heterocycles. The van der Waals surface area contributed by atoms with E-state index < -0.39 is 0 Å². The Morgan fingerprint density at radius 3 is 2.42 bits per heavy atom. The second-order valence-electron chi connectivity index (χ2n) is 7.20. The van der Waals surface area contributed by atoms with Gasteiger partial charge in [-0.2, -0.15) is 0 Å². The molecule has 0 unspecified atom stereocenters. The van der Waals surface area contributed by atoms with Crippen molar-refractivity contribution in [2.45, 2.75) is 13.8 Å². The number of rotatable bonds is 6. The molecule has 2 aromatic rings. The zero-order chi connectivity index (χ0) is 18.5. The van der Waals surface area contributed by atoms with Crippen molar-refractivity contribution in [1.29, 1.82) is 0 Å². The summed E-state index contributed by atoms with van der Waals surface area (Å²) in [5, 5.41) is 3.41. The summed E-state index contributed by atoms with van der Waals surface area (Å²) >= 11 is 0. The second kappa shape index (κ2) is 8.36. The largest absolute Gasteiger partial charge is 0.369 e. The second-order valence-corrected chi connectivity index (χ2v) is 7.20. The molecule has 1 aromatic carbocycles. The average Bonchev–Trinajstić information content (AvgIpc) is 2.61. The summed E-state index contributed by atoms with van der Waals surface area (Å²) < 4.78 is 0. The van der Waals surface area contributed by atoms with Gasteiger partial charge in [0.2, 0.25) is 0 Å². The summed E-state index contributed by atoms with van der Waals surface area (Å²) in [7, 11) is 4.15. The molecule has 0 atom stereocenters. The number of benzene rings is 1. The quantitative estimate of drug-likeness (QED) is 0.860. The molecule has 6 nitrogen and oxygen atoms in total. The molecule has 140 valence electrons. The summed E-state index contributed by atoms with van der Waals surface area (Å²) in [4.78, 5) is 16.1. The molecule has 1 saturated heterocycles. The molecule has 1 N–H and O–H groups in total. The van der Waals surface area contributed by atoms with Crippen molar-refractivity contribution in [1.82, 2.24) is 14.9 Å². The van der Waals surface area contributed by atoms with Gasteiger partial charge in [-0.3, -0.25) is 0 Å². The third kappa shape index (κ3) is 4.85. The lowest BCUT2D eigenvalue weighted by Crippen LogP contribution is -2.47. The summed E-state index contributed by atoms with van der Waals surface area (Å²) in [6, 6.07) is 10.8. The number of hydrogen-bond acceptors (Lipinski definition) is 6. The lowest BCUT2D eigenvalue weighted by atomic mass is 10.2. The first kappa shape index (κ1) is 18.5. The summed E-state index contributed by atoms with van der Waals surface area (Å²) in [5.41, 5.74) is 2.62. The topological polar surface area (TPSA) is 47.5 Å².